The van der Waals surface area contributed by atoms with E-state index in [1.807, 2.05) is 11.9 Å². The van der Waals surface area contributed by atoms with E-state index in [0.29, 0.717) is 6.61 Å². The van der Waals surface area contributed by atoms with Crippen LogP contribution in [0, 0.1) is 0 Å². The highest BCUT2D eigenvalue weighted by molar-refractivity contribution is 7.99. The van der Waals surface area contributed by atoms with Crippen molar-refractivity contribution in [3.63, 3.8) is 0 Å². The standard InChI is InChI=1S/C9H16N2O2S.ClH/c1-11(7-2-3-13-4-7)9(12)8-5-14-6-10-8;/h7-8,10H,2-6H2,1H3;1H. The Bertz CT molecular complexity index is 218. The second-order valence-electron chi connectivity index (χ2n) is 3.74. The van der Waals surface area contributed by atoms with Crippen LogP contribution >= 0.6 is 24.2 Å². The van der Waals surface area contributed by atoms with Gasteiger partial charge in [0.05, 0.1) is 18.7 Å². The number of halogens is 1. The number of carbonyl (C=O) groups excluding carboxylic acids is 1. The van der Waals surface area contributed by atoms with E-state index in [1.54, 1.807) is 11.8 Å². The maximum absolute atomic E-state index is 11.9. The van der Waals surface area contributed by atoms with Gasteiger partial charge in [-0.15, -0.1) is 24.2 Å². The van der Waals surface area contributed by atoms with Gasteiger partial charge in [-0.1, -0.05) is 0 Å². The average Bonchev–Trinajstić information content (AvgIpc) is 2.87. The molecule has 0 saturated carbocycles. The van der Waals surface area contributed by atoms with E-state index in [2.05, 4.69) is 5.32 Å². The molecule has 15 heavy (non-hydrogen) atoms. The molecule has 1 amide bonds. The first-order valence-corrected chi connectivity index (χ1v) is 6.10. The highest BCUT2D eigenvalue weighted by Gasteiger charge is 2.30. The number of nitrogens with zero attached hydrogens (tertiary/aromatic N) is 1. The highest BCUT2D eigenvalue weighted by Crippen LogP contribution is 2.16. The molecule has 88 valence electrons. The van der Waals surface area contributed by atoms with Crippen LogP contribution in [0.15, 0.2) is 0 Å². The third-order valence-electron chi connectivity index (χ3n) is 2.82. The molecule has 2 saturated heterocycles. The third kappa shape index (κ3) is 3.00. The maximum atomic E-state index is 11.9. The summed E-state index contributed by atoms with van der Waals surface area (Å²) in [5.41, 5.74) is 0. The van der Waals surface area contributed by atoms with Crippen molar-refractivity contribution in [1.29, 1.82) is 0 Å². The first kappa shape index (κ1) is 13.1. The monoisotopic (exact) mass is 252 g/mol. The number of nitrogens with one attached hydrogen (secondary N) is 1. The minimum absolute atomic E-state index is 0. The fourth-order valence-electron chi connectivity index (χ4n) is 1.81. The summed E-state index contributed by atoms with van der Waals surface area (Å²) in [6.07, 6.45) is 0.974. The molecule has 0 aromatic carbocycles. The summed E-state index contributed by atoms with van der Waals surface area (Å²) < 4.78 is 5.27. The van der Waals surface area contributed by atoms with Gasteiger partial charge in [0.25, 0.3) is 0 Å². The quantitative estimate of drug-likeness (QED) is 0.769. The van der Waals surface area contributed by atoms with Crippen LogP contribution in [-0.2, 0) is 9.53 Å². The first-order valence-electron chi connectivity index (χ1n) is 4.94. The van der Waals surface area contributed by atoms with Crippen LogP contribution in [0.1, 0.15) is 6.42 Å². The van der Waals surface area contributed by atoms with E-state index < -0.39 is 0 Å². The molecule has 2 atom stereocenters. The lowest BCUT2D eigenvalue weighted by molar-refractivity contribution is -0.133. The lowest BCUT2D eigenvalue weighted by Gasteiger charge is -2.25. The van der Waals surface area contributed by atoms with Crippen molar-refractivity contribution in [2.24, 2.45) is 0 Å². The third-order valence-corrected chi connectivity index (χ3v) is 3.76. The zero-order chi connectivity index (χ0) is 9.97. The molecule has 0 aliphatic carbocycles. The Morgan fingerprint density at radius 2 is 2.40 bits per heavy atom. The molecular formula is C9H17ClN2O2S. The van der Waals surface area contributed by atoms with Gasteiger partial charge in [0.1, 0.15) is 0 Å². The summed E-state index contributed by atoms with van der Waals surface area (Å²) in [5, 5.41) is 3.19. The van der Waals surface area contributed by atoms with Gasteiger partial charge in [0, 0.05) is 25.3 Å². The van der Waals surface area contributed by atoms with Gasteiger partial charge in [-0.2, -0.15) is 0 Å². The highest BCUT2D eigenvalue weighted by atomic mass is 35.5. The van der Waals surface area contributed by atoms with Crippen molar-refractivity contribution in [3.05, 3.63) is 0 Å². The number of thioether (sulfide) groups is 1. The van der Waals surface area contributed by atoms with Crippen molar-refractivity contribution >= 4 is 30.1 Å². The van der Waals surface area contributed by atoms with E-state index in [0.717, 1.165) is 24.7 Å². The molecule has 6 heteroatoms. The lowest BCUT2D eigenvalue weighted by Crippen LogP contribution is -2.47. The number of ether oxygens (including phenoxy) is 1. The van der Waals surface area contributed by atoms with Crippen LogP contribution in [0.3, 0.4) is 0 Å². The molecule has 2 fully saturated rings. The molecule has 2 rings (SSSR count). The van der Waals surface area contributed by atoms with Gasteiger partial charge in [-0.05, 0) is 6.42 Å². The number of likely N-dealkylation sites (N-methyl/N-ethyl adjacent to an activating group) is 1. The summed E-state index contributed by atoms with van der Waals surface area (Å²) in [6.45, 7) is 1.48. The van der Waals surface area contributed by atoms with Crippen LogP contribution < -0.4 is 5.32 Å². The van der Waals surface area contributed by atoms with Gasteiger partial charge in [-0.3, -0.25) is 10.1 Å². The van der Waals surface area contributed by atoms with Gasteiger partial charge in [0.15, 0.2) is 0 Å². The molecule has 0 radical (unpaired) electrons. The van der Waals surface area contributed by atoms with Crippen LogP contribution in [0.5, 0.6) is 0 Å². The maximum Gasteiger partial charge on any atom is 0.240 e. The van der Waals surface area contributed by atoms with Gasteiger partial charge >= 0.3 is 0 Å². The van der Waals surface area contributed by atoms with Crippen molar-refractivity contribution < 1.29 is 9.53 Å². The van der Waals surface area contributed by atoms with E-state index >= 15 is 0 Å². The molecule has 2 heterocycles. The van der Waals surface area contributed by atoms with Crippen molar-refractivity contribution in [1.82, 2.24) is 10.2 Å². The SMILES string of the molecule is CN(C(=O)C1CSCN1)C1CCOC1.Cl. The number of carbonyl (C=O) groups is 1. The van der Waals surface area contributed by atoms with Crippen LogP contribution in [0.25, 0.3) is 0 Å². The van der Waals surface area contributed by atoms with E-state index in [1.165, 1.54) is 0 Å². The molecule has 0 aromatic heterocycles. The molecule has 2 aliphatic rings. The topological polar surface area (TPSA) is 41.6 Å². The van der Waals surface area contributed by atoms with Gasteiger partial charge in [0.2, 0.25) is 5.91 Å². The molecule has 4 nitrogen and oxygen atoms in total. The molecular weight excluding hydrogens is 236 g/mol. The zero-order valence-electron chi connectivity index (χ0n) is 8.77. The molecule has 1 N–H and O–H groups in total. The molecule has 0 aromatic rings. The molecule has 0 spiro atoms. The van der Waals surface area contributed by atoms with Crippen molar-refractivity contribution in [2.45, 2.75) is 18.5 Å². The van der Waals surface area contributed by atoms with Crippen LogP contribution in [0.4, 0.5) is 0 Å². The Balaban J connectivity index is 0.00000112. The summed E-state index contributed by atoms with van der Waals surface area (Å²) in [7, 11) is 1.88. The summed E-state index contributed by atoms with van der Waals surface area (Å²) in [4.78, 5) is 13.8. The first-order chi connectivity index (χ1) is 6.79. The fraction of sp³-hybridized carbons (Fsp3) is 0.889. The van der Waals surface area contributed by atoms with Crippen molar-refractivity contribution in [2.75, 3.05) is 31.9 Å². The zero-order valence-corrected chi connectivity index (χ0v) is 10.4. The largest absolute Gasteiger partial charge is 0.379 e. The number of hydrogen-bond acceptors (Lipinski definition) is 4. The molecule has 0 bridgehead atoms. The summed E-state index contributed by atoms with van der Waals surface area (Å²) in [5.74, 6) is 2.01. The molecule has 2 aliphatic heterocycles. The Hall–Kier alpha value is 0.0300. The summed E-state index contributed by atoms with van der Waals surface area (Å²) >= 11 is 1.78. The average molecular weight is 253 g/mol. The fourth-order valence-corrected chi connectivity index (χ4v) is 2.74. The second kappa shape index (κ2) is 5.94. The Kier molecular flexibility index (Phi) is 5.18. The Morgan fingerprint density at radius 1 is 1.60 bits per heavy atom. The van der Waals surface area contributed by atoms with Crippen LogP contribution in [0.2, 0.25) is 0 Å². The Labute approximate surface area is 101 Å². The molecule has 2 unspecified atom stereocenters. The van der Waals surface area contributed by atoms with Crippen LogP contribution in [-0.4, -0.2) is 54.8 Å². The minimum atomic E-state index is 0. The number of amides is 1. The summed E-state index contributed by atoms with van der Waals surface area (Å²) in [6, 6.07) is 0.306. The predicted molar refractivity (Wildman–Crippen MR) is 63.5 cm³/mol. The van der Waals surface area contributed by atoms with E-state index in [4.69, 9.17) is 4.74 Å². The van der Waals surface area contributed by atoms with E-state index in [-0.39, 0.29) is 30.4 Å². The minimum Gasteiger partial charge on any atom is -0.379 e. The number of rotatable bonds is 2. The smallest absolute Gasteiger partial charge is 0.240 e. The second-order valence-corrected chi connectivity index (χ2v) is 4.77. The van der Waals surface area contributed by atoms with Gasteiger partial charge < -0.3 is 9.64 Å². The van der Waals surface area contributed by atoms with Gasteiger partial charge in [-0.25, -0.2) is 0 Å². The van der Waals surface area contributed by atoms with Crippen molar-refractivity contribution in [3.8, 4) is 0 Å². The normalized spacial score (nSPS) is 29.9. The van der Waals surface area contributed by atoms with E-state index in [9.17, 15) is 4.79 Å². The predicted octanol–water partition coefficient (Wildman–Crippen LogP) is 0.318. The lowest BCUT2D eigenvalue weighted by atomic mass is 10.2. The number of hydrogen-bond donors (Lipinski definition) is 1. The Morgan fingerprint density at radius 3 is 2.93 bits per heavy atom.